The fourth-order valence-corrected chi connectivity index (χ4v) is 10.8. The van der Waals surface area contributed by atoms with Gasteiger partial charge in [-0.05, 0) is 92.5 Å². The first-order chi connectivity index (χ1) is 21.1. The second-order valence-electron chi connectivity index (χ2n) is 13.6. The average Bonchev–Trinajstić information content (AvgIpc) is 3.31. The number of esters is 1. The standard InChI is InChI=1S/C37H53FO5Si/c1-28(2)42-35(39)22-14-6-5-13-21-32-31(33(38)27-34(32)43-36-23-15-16-26-41-36)24-25-37(3,4)44(40,29-17-9-7-10-18-29)30-19-11-8-12-20-30/h5,7-13,17-20,28,31-34,36,40H,6,14-16,21-27H2,1-4H3/b13-5-/t31-,32-,33+,34+,36?/m1/s1. The first kappa shape index (κ1) is 34.5. The summed E-state index contributed by atoms with van der Waals surface area (Å²) in [6, 6.07) is 20.1. The first-order valence-electron chi connectivity index (χ1n) is 16.7. The Labute approximate surface area is 265 Å². The van der Waals surface area contributed by atoms with Gasteiger partial charge in [0.25, 0.3) is 8.32 Å². The lowest BCUT2D eigenvalue weighted by molar-refractivity contribution is -0.195. The van der Waals surface area contributed by atoms with Crippen LogP contribution in [0.25, 0.3) is 0 Å². The van der Waals surface area contributed by atoms with E-state index in [1.165, 1.54) is 0 Å². The second-order valence-corrected chi connectivity index (χ2v) is 17.5. The van der Waals surface area contributed by atoms with Crippen LogP contribution in [0.3, 0.4) is 0 Å². The highest BCUT2D eigenvalue weighted by Gasteiger charge is 2.51. The van der Waals surface area contributed by atoms with Gasteiger partial charge in [0.2, 0.25) is 0 Å². The molecule has 0 aromatic heterocycles. The highest BCUT2D eigenvalue weighted by atomic mass is 28.4. The molecule has 7 heteroatoms. The van der Waals surface area contributed by atoms with E-state index in [1.807, 2.05) is 74.5 Å². The van der Waals surface area contributed by atoms with Crippen LogP contribution in [0.4, 0.5) is 4.39 Å². The molecule has 2 aromatic carbocycles. The summed E-state index contributed by atoms with van der Waals surface area (Å²) in [5, 5.41) is 1.52. The van der Waals surface area contributed by atoms with Crippen molar-refractivity contribution in [2.24, 2.45) is 11.8 Å². The average molecular weight is 625 g/mol. The molecule has 1 aliphatic carbocycles. The van der Waals surface area contributed by atoms with E-state index in [9.17, 15) is 9.59 Å². The monoisotopic (exact) mass is 624 g/mol. The Kier molecular flexibility index (Phi) is 12.8. The smallest absolute Gasteiger partial charge is 0.306 e. The Morgan fingerprint density at radius 1 is 1.05 bits per heavy atom. The third-order valence-electron chi connectivity index (χ3n) is 9.57. The van der Waals surface area contributed by atoms with Crippen LogP contribution in [0.2, 0.25) is 5.04 Å². The quantitative estimate of drug-likeness (QED) is 0.0979. The van der Waals surface area contributed by atoms with Crippen molar-refractivity contribution < 1.29 is 28.2 Å². The SMILES string of the molecule is CC(C)OC(=O)CCC/C=C\C[C@@H]1[C@@H](CCC(C)(C)[Si](O)(c2ccccc2)c2ccccc2)[C@@H](F)C[C@@H]1OC1CCCCO1. The molecule has 2 aromatic rings. The van der Waals surface area contributed by atoms with Crippen molar-refractivity contribution in [1.29, 1.82) is 0 Å². The fraction of sp³-hybridized carbons (Fsp3) is 0.595. The lowest BCUT2D eigenvalue weighted by Crippen LogP contribution is -2.65. The molecule has 1 N–H and O–H groups in total. The van der Waals surface area contributed by atoms with Crippen LogP contribution in [0, 0.1) is 11.8 Å². The number of unbranched alkanes of at least 4 members (excludes halogenated alkanes) is 1. The molecule has 2 aliphatic rings. The molecule has 44 heavy (non-hydrogen) atoms. The van der Waals surface area contributed by atoms with Crippen molar-refractivity contribution >= 4 is 24.7 Å². The molecule has 5 atom stereocenters. The molecule has 2 fully saturated rings. The number of carbonyl (C=O) groups excluding carboxylic acids is 1. The Balaban J connectivity index is 1.47. The number of ether oxygens (including phenoxy) is 3. The highest BCUT2D eigenvalue weighted by molar-refractivity contribution is 6.98. The summed E-state index contributed by atoms with van der Waals surface area (Å²) >= 11 is 0. The number of alkyl halides is 1. The van der Waals surface area contributed by atoms with Gasteiger partial charge < -0.3 is 19.0 Å². The third kappa shape index (κ3) is 8.90. The Morgan fingerprint density at radius 3 is 2.30 bits per heavy atom. The lowest BCUT2D eigenvalue weighted by Gasteiger charge is -2.42. The van der Waals surface area contributed by atoms with Gasteiger partial charge in [0, 0.05) is 19.4 Å². The minimum atomic E-state index is -3.18. The maximum absolute atomic E-state index is 15.9. The molecule has 1 aliphatic heterocycles. The molecule has 1 unspecified atom stereocenters. The Bertz CT molecular complexity index is 1130. The van der Waals surface area contributed by atoms with E-state index in [0.717, 1.165) is 48.9 Å². The molecule has 1 saturated carbocycles. The summed E-state index contributed by atoms with van der Waals surface area (Å²) in [5.74, 6) is -0.308. The summed E-state index contributed by atoms with van der Waals surface area (Å²) in [4.78, 5) is 24.5. The van der Waals surface area contributed by atoms with E-state index >= 15 is 4.39 Å². The van der Waals surface area contributed by atoms with Crippen LogP contribution in [-0.4, -0.2) is 50.4 Å². The molecule has 0 amide bonds. The molecule has 5 nitrogen and oxygen atoms in total. The molecule has 0 spiro atoms. The third-order valence-corrected chi connectivity index (χ3v) is 14.1. The van der Waals surface area contributed by atoms with Crippen molar-refractivity contribution in [2.75, 3.05) is 6.61 Å². The van der Waals surface area contributed by atoms with E-state index in [1.54, 1.807) is 0 Å². The largest absolute Gasteiger partial charge is 0.463 e. The van der Waals surface area contributed by atoms with Gasteiger partial charge in [0.05, 0.1) is 12.2 Å². The molecular formula is C37H53FO5Si. The second kappa shape index (κ2) is 16.3. The number of allylic oxidation sites excluding steroid dienone is 2. The summed E-state index contributed by atoms with van der Waals surface area (Å²) in [6.07, 6.45) is 10.1. The summed E-state index contributed by atoms with van der Waals surface area (Å²) in [7, 11) is -3.18. The normalized spacial score (nSPS) is 24.7. The topological polar surface area (TPSA) is 65.0 Å². The number of rotatable bonds is 15. The molecule has 0 radical (unpaired) electrons. The van der Waals surface area contributed by atoms with Gasteiger partial charge >= 0.3 is 5.97 Å². The van der Waals surface area contributed by atoms with E-state index in [-0.39, 0.29) is 36.3 Å². The maximum Gasteiger partial charge on any atom is 0.306 e. The van der Waals surface area contributed by atoms with Gasteiger partial charge in [-0.1, -0.05) is 86.7 Å². The van der Waals surface area contributed by atoms with Crippen molar-refractivity contribution in [3.05, 3.63) is 72.8 Å². The van der Waals surface area contributed by atoms with Crippen LogP contribution in [0.5, 0.6) is 0 Å². The van der Waals surface area contributed by atoms with Crippen LogP contribution < -0.4 is 10.4 Å². The number of hydrogen-bond acceptors (Lipinski definition) is 5. The van der Waals surface area contributed by atoms with Crippen molar-refractivity contribution in [3.8, 4) is 0 Å². The minimum absolute atomic E-state index is 0.0247. The number of hydrogen-bond donors (Lipinski definition) is 1. The van der Waals surface area contributed by atoms with E-state index in [2.05, 4.69) is 26.0 Å². The maximum atomic E-state index is 15.9. The first-order valence-corrected chi connectivity index (χ1v) is 18.7. The predicted octanol–water partition coefficient (Wildman–Crippen LogP) is 7.25. The zero-order valence-corrected chi connectivity index (χ0v) is 28.1. The van der Waals surface area contributed by atoms with Gasteiger partial charge in [-0.15, -0.1) is 0 Å². The summed E-state index contributed by atoms with van der Waals surface area (Å²) in [6.45, 7) is 8.73. The number of halogens is 1. The van der Waals surface area contributed by atoms with Crippen molar-refractivity contribution in [3.63, 3.8) is 0 Å². The Hall–Kier alpha value is -2.32. The van der Waals surface area contributed by atoms with E-state index in [4.69, 9.17) is 14.2 Å². The highest BCUT2D eigenvalue weighted by Crippen LogP contribution is 2.47. The number of benzene rings is 2. The van der Waals surface area contributed by atoms with Gasteiger partial charge in [-0.25, -0.2) is 4.39 Å². The van der Waals surface area contributed by atoms with Crippen LogP contribution in [0.1, 0.15) is 91.9 Å². The van der Waals surface area contributed by atoms with Crippen LogP contribution in [0.15, 0.2) is 72.8 Å². The summed E-state index contributed by atoms with van der Waals surface area (Å²) < 4.78 is 33.5. The van der Waals surface area contributed by atoms with Crippen LogP contribution in [-0.2, 0) is 19.0 Å². The molecule has 0 bridgehead atoms. The fourth-order valence-electron chi connectivity index (χ4n) is 7.08. The van der Waals surface area contributed by atoms with Gasteiger partial charge in [0.15, 0.2) is 6.29 Å². The zero-order valence-electron chi connectivity index (χ0n) is 27.1. The van der Waals surface area contributed by atoms with Crippen molar-refractivity contribution in [2.45, 2.75) is 122 Å². The van der Waals surface area contributed by atoms with Crippen LogP contribution >= 0.6 is 0 Å². The number of carbonyl (C=O) groups is 1. The van der Waals surface area contributed by atoms with Gasteiger partial charge in [0.1, 0.15) is 6.17 Å². The summed E-state index contributed by atoms with van der Waals surface area (Å²) in [5.41, 5.74) is 0. The minimum Gasteiger partial charge on any atom is -0.463 e. The van der Waals surface area contributed by atoms with E-state index in [0.29, 0.717) is 32.3 Å². The predicted molar refractivity (Wildman–Crippen MR) is 177 cm³/mol. The Morgan fingerprint density at radius 2 is 1.70 bits per heavy atom. The van der Waals surface area contributed by atoms with Gasteiger partial charge in [-0.3, -0.25) is 4.79 Å². The van der Waals surface area contributed by atoms with Crippen molar-refractivity contribution in [1.82, 2.24) is 0 Å². The molecule has 1 saturated heterocycles. The van der Waals surface area contributed by atoms with E-state index < -0.39 is 19.5 Å². The van der Waals surface area contributed by atoms with Gasteiger partial charge in [-0.2, -0.15) is 0 Å². The lowest BCUT2D eigenvalue weighted by atomic mass is 9.85. The molecule has 242 valence electrons. The molecular weight excluding hydrogens is 571 g/mol. The molecule has 4 rings (SSSR count). The zero-order chi connectivity index (χ0) is 31.6. The molecule has 1 heterocycles.